The van der Waals surface area contributed by atoms with E-state index in [9.17, 15) is 9.59 Å². The van der Waals surface area contributed by atoms with Gasteiger partial charge in [0.05, 0.1) is 25.8 Å². The normalized spacial score (nSPS) is 22.4. The molecule has 6 heteroatoms. The van der Waals surface area contributed by atoms with Gasteiger partial charge in [-0.2, -0.15) is 0 Å². The van der Waals surface area contributed by atoms with Gasteiger partial charge in [-0.1, -0.05) is 13.8 Å². The number of nitrogens with one attached hydrogen (secondary N) is 1. The van der Waals surface area contributed by atoms with Crippen molar-refractivity contribution in [3.8, 4) is 0 Å². The van der Waals surface area contributed by atoms with Crippen LogP contribution in [0.15, 0.2) is 0 Å². The van der Waals surface area contributed by atoms with Crippen molar-refractivity contribution in [1.82, 2.24) is 10.2 Å². The van der Waals surface area contributed by atoms with Gasteiger partial charge < -0.3 is 20.1 Å². The average molecular weight is 272 g/mol. The van der Waals surface area contributed by atoms with E-state index in [4.69, 9.17) is 9.84 Å². The SMILES string of the molecule is CCCNCC(=O)N(CCC)C1COCC1C(=O)O. The summed E-state index contributed by atoms with van der Waals surface area (Å²) >= 11 is 0. The third kappa shape index (κ3) is 4.47. The second-order valence-electron chi connectivity index (χ2n) is 4.81. The average Bonchev–Trinajstić information content (AvgIpc) is 2.85. The van der Waals surface area contributed by atoms with Crippen molar-refractivity contribution in [3.05, 3.63) is 0 Å². The Kier molecular flexibility index (Phi) is 6.80. The monoisotopic (exact) mass is 272 g/mol. The Hall–Kier alpha value is -1.14. The molecule has 1 heterocycles. The van der Waals surface area contributed by atoms with Crippen LogP contribution in [0.25, 0.3) is 0 Å². The van der Waals surface area contributed by atoms with Crippen LogP contribution >= 0.6 is 0 Å². The van der Waals surface area contributed by atoms with E-state index in [1.54, 1.807) is 4.90 Å². The molecule has 110 valence electrons. The molecule has 0 radical (unpaired) electrons. The van der Waals surface area contributed by atoms with Gasteiger partial charge >= 0.3 is 5.97 Å². The number of amides is 1. The highest BCUT2D eigenvalue weighted by Gasteiger charge is 2.39. The van der Waals surface area contributed by atoms with Crippen LogP contribution in [-0.2, 0) is 14.3 Å². The minimum absolute atomic E-state index is 0.0444. The van der Waals surface area contributed by atoms with E-state index in [1.165, 1.54) is 0 Å². The van der Waals surface area contributed by atoms with Crippen molar-refractivity contribution in [2.24, 2.45) is 5.92 Å². The number of ether oxygens (including phenoxy) is 1. The number of carboxylic acid groups (broad SMARTS) is 1. The molecule has 1 amide bonds. The van der Waals surface area contributed by atoms with Crippen molar-refractivity contribution < 1.29 is 19.4 Å². The number of carbonyl (C=O) groups excluding carboxylic acids is 1. The second-order valence-corrected chi connectivity index (χ2v) is 4.81. The molecule has 19 heavy (non-hydrogen) atoms. The molecule has 2 atom stereocenters. The lowest BCUT2D eigenvalue weighted by molar-refractivity contribution is -0.144. The molecule has 0 bridgehead atoms. The van der Waals surface area contributed by atoms with Crippen molar-refractivity contribution in [2.75, 3.05) is 32.8 Å². The van der Waals surface area contributed by atoms with Crippen LogP contribution in [0.3, 0.4) is 0 Å². The van der Waals surface area contributed by atoms with Crippen LogP contribution in [0.2, 0.25) is 0 Å². The van der Waals surface area contributed by atoms with Gasteiger partial charge in [0.15, 0.2) is 0 Å². The highest BCUT2D eigenvalue weighted by atomic mass is 16.5. The van der Waals surface area contributed by atoms with E-state index < -0.39 is 11.9 Å². The fourth-order valence-corrected chi connectivity index (χ4v) is 2.28. The van der Waals surface area contributed by atoms with Gasteiger partial charge in [-0.15, -0.1) is 0 Å². The lowest BCUT2D eigenvalue weighted by Gasteiger charge is -2.30. The van der Waals surface area contributed by atoms with Crippen LogP contribution in [0, 0.1) is 5.92 Å². The van der Waals surface area contributed by atoms with Crippen LogP contribution in [0.1, 0.15) is 26.7 Å². The molecule has 0 aliphatic carbocycles. The Morgan fingerprint density at radius 3 is 2.63 bits per heavy atom. The molecular formula is C13H24N2O4. The first-order chi connectivity index (χ1) is 9.11. The molecule has 2 unspecified atom stereocenters. The second kappa shape index (κ2) is 8.12. The van der Waals surface area contributed by atoms with Crippen molar-refractivity contribution in [3.63, 3.8) is 0 Å². The number of carbonyl (C=O) groups is 2. The Morgan fingerprint density at radius 2 is 2.05 bits per heavy atom. The molecule has 0 aromatic heterocycles. The quantitative estimate of drug-likeness (QED) is 0.622. The van der Waals surface area contributed by atoms with Crippen molar-refractivity contribution >= 4 is 11.9 Å². The highest BCUT2D eigenvalue weighted by Crippen LogP contribution is 2.20. The molecule has 0 aromatic rings. The fourth-order valence-electron chi connectivity index (χ4n) is 2.28. The van der Waals surface area contributed by atoms with E-state index in [-0.39, 0.29) is 25.1 Å². The Morgan fingerprint density at radius 1 is 1.32 bits per heavy atom. The summed E-state index contributed by atoms with van der Waals surface area (Å²) in [6, 6.07) is -0.339. The molecule has 0 aromatic carbocycles. The summed E-state index contributed by atoms with van der Waals surface area (Å²) in [5, 5.41) is 12.2. The summed E-state index contributed by atoms with van der Waals surface area (Å²) in [6.07, 6.45) is 1.77. The summed E-state index contributed by atoms with van der Waals surface area (Å²) < 4.78 is 5.24. The van der Waals surface area contributed by atoms with E-state index in [0.29, 0.717) is 13.2 Å². The first-order valence-corrected chi connectivity index (χ1v) is 6.92. The zero-order chi connectivity index (χ0) is 14.3. The van der Waals surface area contributed by atoms with Crippen LogP contribution < -0.4 is 5.32 Å². The zero-order valence-corrected chi connectivity index (χ0v) is 11.7. The molecule has 1 aliphatic heterocycles. The number of hydrogen-bond acceptors (Lipinski definition) is 4. The van der Waals surface area contributed by atoms with Gasteiger partial charge in [-0.3, -0.25) is 9.59 Å². The number of aliphatic carboxylic acids is 1. The molecule has 1 rings (SSSR count). The summed E-state index contributed by atoms with van der Waals surface area (Å²) in [6.45, 7) is 6.14. The van der Waals surface area contributed by atoms with Crippen LogP contribution in [-0.4, -0.2) is 60.8 Å². The Balaban J connectivity index is 2.64. The molecule has 2 N–H and O–H groups in total. The minimum Gasteiger partial charge on any atom is -0.481 e. The zero-order valence-electron chi connectivity index (χ0n) is 11.7. The predicted octanol–water partition coefficient (Wildman–Crippen LogP) is 0.324. The summed E-state index contributed by atoms with van der Waals surface area (Å²) in [5.41, 5.74) is 0. The smallest absolute Gasteiger partial charge is 0.311 e. The topological polar surface area (TPSA) is 78.9 Å². The third-order valence-electron chi connectivity index (χ3n) is 3.26. The van der Waals surface area contributed by atoms with Crippen molar-refractivity contribution in [2.45, 2.75) is 32.7 Å². The number of carboxylic acids is 1. The predicted molar refractivity (Wildman–Crippen MR) is 70.9 cm³/mol. The standard InChI is InChI=1S/C13H24N2O4/c1-3-5-14-7-12(16)15(6-4-2)11-9-19-8-10(11)13(17)18/h10-11,14H,3-9H2,1-2H3,(H,17,18). The molecular weight excluding hydrogens is 248 g/mol. The fraction of sp³-hybridized carbons (Fsp3) is 0.846. The Labute approximate surface area is 114 Å². The third-order valence-corrected chi connectivity index (χ3v) is 3.26. The van der Waals surface area contributed by atoms with Gasteiger partial charge in [0, 0.05) is 6.54 Å². The molecule has 1 fully saturated rings. The van der Waals surface area contributed by atoms with E-state index in [2.05, 4.69) is 5.32 Å². The number of nitrogens with zero attached hydrogens (tertiary/aromatic N) is 1. The van der Waals surface area contributed by atoms with Gasteiger partial charge in [0.2, 0.25) is 5.91 Å². The Bertz CT molecular complexity index is 309. The minimum atomic E-state index is -0.891. The lowest BCUT2D eigenvalue weighted by Crippen LogP contribution is -2.49. The van der Waals surface area contributed by atoms with Gasteiger partial charge in [-0.25, -0.2) is 0 Å². The summed E-state index contributed by atoms with van der Waals surface area (Å²) in [4.78, 5) is 25.0. The van der Waals surface area contributed by atoms with Gasteiger partial charge in [0.1, 0.15) is 5.92 Å². The van der Waals surface area contributed by atoms with Crippen LogP contribution in [0.4, 0.5) is 0 Å². The van der Waals surface area contributed by atoms with Crippen molar-refractivity contribution in [1.29, 1.82) is 0 Å². The molecule has 6 nitrogen and oxygen atoms in total. The van der Waals surface area contributed by atoms with E-state index in [0.717, 1.165) is 19.4 Å². The number of rotatable bonds is 8. The first kappa shape index (κ1) is 15.9. The maximum Gasteiger partial charge on any atom is 0.311 e. The molecule has 0 spiro atoms. The van der Waals surface area contributed by atoms with Gasteiger partial charge in [-0.05, 0) is 19.4 Å². The maximum absolute atomic E-state index is 12.2. The molecule has 1 aliphatic rings. The lowest BCUT2D eigenvalue weighted by atomic mass is 10.0. The maximum atomic E-state index is 12.2. The molecule has 0 saturated carbocycles. The first-order valence-electron chi connectivity index (χ1n) is 6.92. The summed E-state index contributed by atoms with van der Waals surface area (Å²) in [5.74, 6) is -1.54. The molecule has 1 saturated heterocycles. The highest BCUT2D eigenvalue weighted by molar-refractivity contribution is 5.80. The largest absolute Gasteiger partial charge is 0.481 e. The van der Waals surface area contributed by atoms with E-state index in [1.807, 2.05) is 13.8 Å². The van der Waals surface area contributed by atoms with Crippen LogP contribution in [0.5, 0.6) is 0 Å². The van der Waals surface area contributed by atoms with E-state index >= 15 is 0 Å². The van der Waals surface area contributed by atoms with Gasteiger partial charge in [0.25, 0.3) is 0 Å². The summed E-state index contributed by atoms with van der Waals surface area (Å²) in [7, 11) is 0. The number of hydrogen-bond donors (Lipinski definition) is 2.